The second-order valence-electron chi connectivity index (χ2n) is 3.79. The minimum Gasteiger partial charge on any atom is -0.269 e. The van der Waals surface area contributed by atoms with Gasteiger partial charge in [0.25, 0.3) is 0 Å². The van der Waals surface area contributed by atoms with E-state index < -0.39 is 0 Å². The maximum atomic E-state index is 5.80. The highest BCUT2D eigenvalue weighted by molar-refractivity contribution is 5.43. The van der Waals surface area contributed by atoms with Crippen LogP contribution in [0.1, 0.15) is 12.5 Å². The van der Waals surface area contributed by atoms with Gasteiger partial charge in [0, 0.05) is 6.54 Å². The van der Waals surface area contributed by atoms with Crippen molar-refractivity contribution < 1.29 is 4.84 Å². The van der Waals surface area contributed by atoms with E-state index in [2.05, 4.69) is 31.2 Å². The monoisotopic (exact) mass is 227 g/mol. The summed E-state index contributed by atoms with van der Waals surface area (Å²) in [7, 11) is 0. The van der Waals surface area contributed by atoms with Gasteiger partial charge in [-0.1, -0.05) is 48.5 Å². The molecule has 0 aliphatic carbocycles. The summed E-state index contributed by atoms with van der Waals surface area (Å²) in [4.78, 5) is 5.80. The Balaban J connectivity index is 1.97. The van der Waals surface area contributed by atoms with E-state index in [0.29, 0.717) is 6.61 Å². The molecular weight excluding hydrogens is 210 g/mol. The zero-order valence-corrected chi connectivity index (χ0v) is 10.0. The molecule has 0 aromatic heterocycles. The summed E-state index contributed by atoms with van der Waals surface area (Å²) in [5.74, 6) is 0. The average molecular weight is 227 g/mol. The van der Waals surface area contributed by atoms with Gasteiger partial charge in [-0.3, -0.25) is 9.90 Å². The summed E-state index contributed by atoms with van der Waals surface area (Å²) < 4.78 is 0. The molecule has 0 saturated carbocycles. The molecule has 0 N–H and O–H groups in total. The van der Waals surface area contributed by atoms with E-state index in [1.807, 2.05) is 41.5 Å². The molecule has 2 nitrogen and oxygen atoms in total. The fourth-order valence-corrected chi connectivity index (χ4v) is 1.67. The second kappa shape index (κ2) is 6.06. The predicted molar refractivity (Wildman–Crippen MR) is 70.7 cm³/mol. The minimum atomic E-state index is 0.601. The number of hydrogen-bond acceptors (Lipinski definition) is 2. The molecule has 0 radical (unpaired) electrons. The molecule has 0 saturated heterocycles. The van der Waals surface area contributed by atoms with Crippen molar-refractivity contribution in [3.63, 3.8) is 0 Å². The first-order valence-corrected chi connectivity index (χ1v) is 5.89. The molecule has 0 amide bonds. The molecular formula is C15H17NO. The van der Waals surface area contributed by atoms with E-state index in [1.165, 1.54) is 5.56 Å². The van der Waals surface area contributed by atoms with Crippen molar-refractivity contribution in [2.75, 3.05) is 11.6 Å². The molecule has 0 fully saturated rings. The topological polar surface area (TPSA) is 12.5 Å². The number of hydroxylamine groups is 1. The highest BCUT2D eigenvalue weighted by atomic mass is 16.7. The fourth-order valence-electron chi connectivity index (χ4n) is 1.67. The number of benzene rings is 2. The van der Waals surface area contributed by atoms with Gasteiger partial charge in [-0.2, -0.15) is 0 Å². The van der Waals surface area contributed by atoms with Crippen molar-refractivity contribution in [3.8, 4) is 0 Å². The van der Waals surface area contributed by atoms with Crippen molar-refractivity contribution in [2.24, 2.45) is 0 Å². The number of hydrogen-bond donors (Lipinski definition) is 0. The van der Waals surface area contributed by atoms with E-state index in [9.17, 15) is 0 Å². The van der Waals surface area contributed by atoms with Crippen LogP contribution in [-0.2, 0) is 11.4 Å². The van der Waals surface area contributed by atoms with Gasteiger partial charge in [-0.15, -0.1) is 0 Å². The minimum absolute atomic E-state index is 0.601. The second-order valence-corrected chi connectivity index (χ2v) is 3.79. The zero-order valence-electron chi connectivity index (χ0n) is 10.0. The lowest BCUT2D eigenvalue weighted by Crippen LogP contribution is -2.22. The van der Waals surface area contributed by atoms with Crippen LogP contribution in [0.3, 0.4) is 0 Å². The van der Waals surface area contributed by atoms with E-state index in [1.54, 1.807) is 0 Å². The van der Waals surface area contributed by atoms with Crippen LogP contribution in [0.4, 0.5) is 5.69 Å². The van der Waals surface area contributed by atoms with Crippen molar-refractivity contribution in [3.05, 3.63) is 66.2 Å². The van der Waals surface area contributed by atoms with Crippen LogP contribution in [0.2, 0.25) is 0 Å². The van der Waals surface area contributed by atoms with Gasteiger partial charge in [0.1, 0.15) is 0 Å². The zero-order chi connectivity index (χ0) is 11.9. The first-order chi connectivity index (χ1) is 8.40. The lowest BCUT2D eigenvalue weighted by molar-refractivity contribution is 0.0972. The van der Waals surface area contributed by atoms with Crippen molar-refractivity contribution in [2.45, 2.75) is 13.5 Å². The smallest absolute Gasteiger partial charge is 0.0999 e. The summed E-state index contributed by atoms with van der Waals surface area (Å²) in [6.45, 7) is 3.51. The molecule has 2 aromatic carbocycles. The van der Waals surface area contributed by atoms with Gasteiger partial charge in [0.15, 0.2) is 0 Å². The molecule has 0 spiro atoms. The van der Waals surface area contributed by atoms with Crippen LogP contribution in [0, 0.1) is 0 Å². The Bertz CT molecular complexity index is 427. The van der Waals surface area contributed by atoms with E-state index in [-0.39, 0.29) is 0 Å². The van der Waals surface area contributed by atoms with Gasteiger partial charge >= 0.3 is 0 Å². The summed E-state index contributed by atoms with van der Waals surface area (Å²) in [5.41, 5.74) is 2.27. The summed E-state index contributed by atoms with van der Waals surface area (Å²) in [6, 6.07) is 20.3. The van der Waals surface area contributed by atoms with Gasteiger partial charge < -0.3 is 0 Å². The Morgan fingerprint density at radius 2 is 1.47 bits per heavy atom. The third-order valence-corrected chi connectivity index (χ3v) is 2.56. The van der Waals surface area contributed by atoms with Gasteiger partial charge in [-0.25, -0.2) is 0 Å². The average Bonchev–Trinajstić information content (AvgIpc) is 2.42. The van der Waals surface area contributed by atoms with Crippen molar-refractivity contribution >= 4 is 5.69 Å². The Hall–Kier alpha value is -1.80. The highest BCUT2D eigenvalue weighted by Gasteiger charge is 2.03. The maximum Gasteiger partial charge on any atom is 0.0999 e. The molecule has 2 aromatic rings. The van der Waals surface area contributed by atoms with Crippen LogP contribution in [0.15, 0.2) is 60.7 Å². The molecule has 0 atom stereocenters. The number of rotatable bonds is 5. The summed E-state index contributed by atoms with van der Waals surface area (Å²) in [5, 5.41) is 1.91. The molecule has 0 aliphatic rings. The molecule has 17 heavy (non-hydrogen) atoms. The van der Waals surface area contributed by atoms with E-state index in [4.69, 9.17) is 4.84 Å². The molecule has 2 rings (SSSR count). The van der Waals surface area contributed by atoms with Crippen LogP contribution in [-0.4, -0.2) is 6.54 Å². The normalized spacial score (nSPS) is 10.2. The Labute approximate surface area is 102 Å². The molecule has 0 aliphatic heterocycles. The number of para-hydroxylation sites is 1. The highest BCUT2D eigenvalue weighted by Crippen LogP contribution is 2.14. The van der Waals surface area contributed by atoms with Crippen LogP contribution >= 0.6 is 0 Å². The largest absolute Gasteiger partial charge is 0.269 e. The van der Waals surface area contributed by atoms with Gasteiger partial charge in [-0.05, 0) is 24.6 Å². The first-order valence-electron chi connectivity index (χ1n) is 5.89. The SMILES string of the molecule is CCN(OCc1ccccc1)c1ccccc1. The maximum absolute atomic E-state index is 5.80. The predicted octanol–water partition coefficient (Wildman–Crippen LogP) is 3.64. The van der Waals surface area contributed by atoms with Crippen LogP contribution in [0.5, 0.6) is 0 Å². The molecule has 0 heterocycles. The van der Waals surface area contributed by atoms with Crippen molar-refractivity contribution in [1.29, 1.82) is 0 Å². The standard InChI is InChI=1S/C15H17NO/c1-2-16(15-11-7-4-8-12-15)17-13-14-9-5-3-6-10-14/h3-12H,2,13H2,1H3. The molecule has 2 heteroatoms. The Morgan fingerprint density at radius 1 is 0.882 bits per heavy atom. The molecule has 0 unspecified atom stereocenters. The number of nitrogens with zero attached hydrogens (tertiary/aromatic N) is 1. The molecule has 0 bridgehead atoms. The summed E-state index contributed by atoms with van der Waals surface area (Å²) in [6.07, 6.45) is 0. The Kier molecular flexibility index (Phi) is 4.17. The van der Waals surface area contributed by atoms with Crippen LogP contribution < -0.4 is 5.06 Å². The summed E-state index contributed by atoms with van der Waals surface area (Å²) >= 11 is 0. The van der Waals surface area contributed by atoms with E-state index >= 15 is 0 Å². The lowest BCUT2D eigenvalue weighted by atomic mass is 10.2. The lowest BCUT2D eigenvalue weighted by Gasteiger charge is -2.22. The van der Waals surface area contributed by atoms with E-state index in [0.717, 1.165) is 12.2 Å². The molecule has 88 valence electrons. The fraction of sp³-hybridized carbons (Fsp3) is 0.200. The third kappa shape index (κ3) is 3.33. The van der Waals surface area contributed by atoms with Gasteiger partial charge in [0.05, 0.1) is 12.3 Å². The number of anilines is 1. The third-order valence-electron chi connectivity index (χ3n) is 2.56. The quantitative estimate of drug-likeness (QED) is 0.723. The first kappa shape index (κ1) is 11.7. The Morgan fingerprint density at radius 3 is 2.06 bits per heavy atom. The van der Waals surface area contributed by atoms with Crippen LogP contribution in [0.25, 0.3) is 0 Å². The van der Waals surface area contributed by atoms with Crippen molar-refractivity contribution in [1.82, 2.24) is 0 Å². The van der Waals surface area contributed by atoms with Gasteiger partial charge in [0.2, 0.25) is 0 Å².